The minimum atomic E-state index is -0.958. The lowest BCUT2D eigenvalue weighted by molar-refractivity contribution is 0.215. The summed E-state index contributed by atoms with van der Waals surface area (Å²) in [5, 5.41) is 15.0. The van der Waals surface area contributed by atoms with E-state index in [-0.39, 0.29) is 18.2 Å². The van der Waals surface area contributed by atoms with E-state index in [0.29, 0.717) is 17.6 Å². The van der Waals surface area contributed by atoms with Gasteiger partial charge in [0.2, 0.25) is 0 Å². The molecule has 170 valence electrons. The zero-order chi connectivity index (χ0) is 22.5. The van der Waals surface area contributed by atoms with Gasteiger partial charge in [0.05, 0.1) is 5.39 Å². The standard InChI is InChI=1S/C22H25F2N5O3/c23-17-12-15(27-22(31)26-7-11-28-8-2-1-3-9-28)13-18(24)20(17)32-19-4-6-25-21-16(19)5-10-29(21)14-30/h4-6,10,12-13,30H,1-3,7-9,11,14H2,(H2,26,27,31). The van der Waals surface area contributed by atoms with Crippen LogP contribution in [0.2, 0.25) is 0 Å². The molecule has 1 aliphatic heterocycles. The highest BCUT2D eigenvalue weighted by Crippen LogP contribution is 2.34. The number of benzene rings is 1. The van der Waals surface area contributed by atoms with Gasteiger partial charge in [0.25, 0.3) is 0 Å². The molecule has 0 unspecified atom stereocenters. The van der Waals surface area contributed by atoms with Crippen LogP contribution in [0.25, 0.3) is 11.0 Å². The minimum Gasteiger partial charge on any atom is -0.450 e. The molecule has 3 heterocycles. The van der Waals surface area contributed by atoms with E-state index < -0.39 is 23.4 Å². The summed E-state index contributed by atoms with van der Waals surface area (Å²) in [6.07, 6.45) is 6.58. The number of pyridine rings is 1. The number of aliphatic hydroxyl groups excluding tert-OH is 1. The van der Waals surface area contributed by atoms with Crippen LogP contribution in [0.4, 0.5) is 19.3 Å². The largest absolute Gasteiger partial charge is 0.450 e. The fourth-order valence-electron chi connectivity index (χ4n) is 3.79. The van der Waals surface area contributed by atoms with Gasteiger partial charge in [-0.05, 0) is 38.1 Å². The number of aliphatic hydroxyl groups is 1. The van der Waals surface area contributed by atoms with E-state index >= 15 is 0 Å². The summed E-state index contributed by atoms with van der Waals surface area (Å²) in [6, 6.07) is 4.58. The van der Waals surface area contributed by atoms with Crippen molar-refractivity contribution in [1.82, 2.24) is 19.8 Å². The number of carbonyl (C=O) groups excluding carboxylic acids is 1. The first-order valence-electron chi connectivity index (χ1n) is 10.5. The third-order valence-electron chi connectivity index (χ3n) is 5.41. The first-order valence-corrected chi connectivity index (χ1v) is 10.5. The number of aromatic nitrogens is 2. The number of nitrogens with zero attached hydrogens (tertiary/aromatic N) is 3. The number of amides is 2. The molecule has 0 atom stereocenters. The molecular formula is C22H25F2N5O3. The molecule has 1 aliphatic rings. The van der Waals surface area contributed by atoms with Gasteiger partial charge in [-0.1, -0.05) is 6.42 Å². The molecule has 0 spiro atoms. The van der Waals surface area contributed by atoms with Gasteiger partial charge in [-0.25, -0.2) is 18.6 Å². The number of hydrogen-bond acceptors (Lipinski definition) is 5. The Kier molecular flexibility index (Phi) is 6.81. The lowest BCUT2D eigenvalue weighted by Crippen LogP contribution is -2.39. The molecule has 0 saturated carbocycles. The van der Waals surface area contributed by atoms with E-state index in [4.69, 9.17) is 4.74 Å². The minimum absolute atomic E-state index is 0.0193. The van der Waals surface area contributed by atoms with E-state index in [9.17, 15) is 18.7 Å². The number of hydrogen-bond donors (Lipinski definition) is 3. The molecular weight excluding hydrogens is 420 g/mol. The first kappa shape index (κ1) is 22.0. The van der Waals surface area contributed by atoms with E-state index in [2.05, 4.69) is 20.5 Å². The summed E-state index contributed by atoms with van der Waals surface area (Å²) in [4.78, 5) is 18.5. The Hall–Kier alpha value is -3.24. The Bertz CT molecular complexity index is 1080. The van der Waals surface area contributed by atoms with Crippen molar-refractivity contribution in [3.05, 3.63) is 48.3 Å². The van der Waals surface area contributed by atoms with E-state index in [1.54, 1.807) is 12.3 Å². The van der Waals surface area contributed by atoms with Crippen molar-refractivity contribution in [1.29, 1.82) is 0 Å². The van der Waals surface area contributed by atoms with Crippen molar-refractivity contribution in [2.45, 2.75) is 26.0 Å². The Balaban J connectivity index is 1.40. The topological polar surface area (TPSA) is 91.7 Å². The molecule has 1 fully saturated rings. The number of likely N-dealkylation sites (tertiary alicyclic amines) is 1. The number of fused-ring (bicyclic) bond motifs is 1. The maximum atomic E-state index is 14.6. The monoisotopic (exact) mass is 445 g/mol. The highest BCUT2D eigenvalue weighted by molar-refractivity contribution is 5.89. The lowest BCUT2D eigenvalue weighted by Gasteiger charge is -2.26. The normalized spacial score (nSPS) is 14.5. The van der Waals surface area contributed by atoms with Gasteiger partial charge in [0.1, 0.15) is 18.1 Å². The Morgan fingerprint density at radius 2 is 1.91 bits per heavy atom. The first-order chi connectivity index (χ1) is 15.5. The van der Waals surface area contributed by atoms with Crippen LogP contribution in [0.15, 0.2) is 36.7 Å². The fraction of sp³-hybridized carbons (Fsp3) is 0.364. The predicted octanol–water partition coefficient (Wildman–Crippen LogP) is 3.66. The maximum absolute atomic E-state index is 14.6. The van der Waals surface area contributed by atoms with Crippen LogP contribution in [0.1, 0.15) is 19.3 Å². The zero-order valence-electron chi connectivity index (χ0n) is 17.5. The Morgan fingerprint density at radius 3 is 2.62 bits per heavy atom. The number of rotatable bonds is 7. The zero-order valence-corrected chi connectivity index (χ0v) is 17.5. The molecule has 1 saturated heterocycles. The number of anilines is 1. The molecule has 0 radical (unpaired) electrons. The van der Waals surface area contributed by atoms with Crippen LogP contribution in [0, 0.1) is 11.6 Å². The van der Waals surface area contributed by atoms with E-state index in [1.807, 2.05) is 0 Å². The summed E-state index contributed by atoms with van der Waals surface area (Å²) in [6.45, 7) is 2.94. The number of piperidine rings is 1. The van der Waals surface area contributed by atoms with Crippen molar-refractivity contribution in [3.63, 3.8) is 0 Å². The van der Waals surface area contributed by atoms with Gasteiger partial charge >= 0.3 is 6.03 Å². The van der Waals surface area contributed by atoms with E-state index in [1.165, 1.54) is 23.3 Å². The molecule has 3 N–H and O–H groups in total. The molecule has 8 nitrogen and oxygen atoms in total. The number of ether oxygens (including phenoxy) is 1. The SMILES string of the molecule is O=C(NCCN1CCCCC1)Nc1cc(F)c(Oc2ccnc3c2ccn3CO)c(F)c1. The predicted molar refractivity (Wildman–Crippen MR) is 116 cm³/mol. The fourth-order valence-corrected chi connectivity index (χ4v) is 3.79. The molecule has 32 heavy (non-hydrogen) atoms. The number of carbonyl (C=O) groups is 1. The average Bonchev–Trinajstić information content (AvgIpc) is 3.21. The highest BCUT2D eigenvalue weighted by atomic mass is 19.1. The van der Waals surface area contributed by atoms with Gasteiger partial charge in [-0.15, -0.1) is 0 Å². The van der Waals surface area contributed by atoms with Crippen molar-refractivity contribution < 1.29 is 23.4 Å². The van der Waals surface area contributed by atoms with Crippen LogP contribution >= 0.6 is 0 Å². The second-order valence-corrected chi connectivity index (χ2v) is 7.63. The quantitative estimate of drug-likeness (QED) is 0.516. The average molecular weight is 445 g/mol. The third kappa shape index (κ3) is 4.97. The molecule has 4 rings (SSSR count). The van der Waals surface area contributed by atoms with Crippen LogP contribution in [-0.4, -0.2) is 51.8 Å². The summed E-state index contributed by atoms with van der Waals surface area (Å²) in [7, 11) is 0. The van der Waals surface area contributed by atoms with Crippen LogP contribution in [0.5, 0.6) is 11.5 Å². The third-order valence-corrected chi connectivity index (χ3v) is 5.41. The van der Waals surface area contributed by atoms with E-state index in [0.717, 1.165) is 44.6 Å². The van der Waals surface area contributed by atoms with Crippen molar-refractivity contribution in [2.75, 3.05) is 31.5 Å². The summed E-state index contributed by atoms with van der Waals surface area (Å²) in [5.74, 6) is -2.32. The van der Waals surface area contributed by atoms with Crippen LogP contribution < -0.4 is 15.4 Å². The van der Waals surface area contributed by atoms with Crippen molar-refractivity contribution in [3.8, 4) is 11.5 Å². The van der Waals surface area contributed by atoms with Gasteiger partial charge in [-0.3, -0.25) is 0 Å². The molecule has 0 bridgehead atoms. The molecule has 0 aliphatic carbocycles. The second-order valence-electron chi connectivity index (χ2n) is 7.63. The molecule has 2 amide bonds. The van der Waals surface area contributed by atoms with Gasteiger partial charge < -0.3 is 29.9 Å². The van der Waals surface area contributed by atoms with Crippen molar-refractivity contribution in [2.24, 2.45) is 0 Å². The smallest absolute Gasteiger partial charge is 0.319 e. The van der Waals surface area contributed by atoms with Gasteiger partial charge in [0, 0.05) is 43.3 Å². The molecule has 1 aromatic carbocycles. The highest BCUT2D eigenvalue weighted by Gasteiger charge is 2.17. The maximum Gasteiger partial charge on any atom is 0.319 e. The molecule has 2 aromatic heterocycles. The Morgan fingerprint density at radius 1 is 1.16 bits per heavy atom. The lowest BCUT2D eigenvalue weighted by atomic mass is 10.1. The summed E-state index contributed by atoms with van der Waals surface area (Å²) in [5.41, 5.74) is 0.402. The van der Waals surface area contributed by atoms with Gasteiger partial charge in [-0.2, -0.15) is 0 Å². The number of halogens is 2. The van der Waals surface area contributed by atoms with Crippen LogP contribution in [0.3, 0.4) is 0 Å². The summed E-state index contributed by atoms with van der Waals surface area (Å²) >= 11 is 0. The van der Waals surface area contributed by atoms with Crippen LogP contribution in [-0.2, 0) is 6.73 Å². The number of nitrogens with one attached hydrogen (secondary N) is 2. The van der Waals surface area contributed by atoms with Crippen molar-refractivity contribution >= 4 is 22.8 Å². The number of urea groups is 1. The molecule has 3 aromatic rings. The second kappa shape index (κ2) is 9.92. The summed E-state index contributed by atoms with van der Waals surface area (Å²) < 4.78 is 36.2. The Labute approximate surface area is 183 Å². The molecule has 10 heteroatoms. The van der Waals surface area contributed by atoms with Gasteiger partial charge in [0.15, 0.2) is 17.4 Å².